The largest absolute Gasteiger partial charge is 0.469 e. The van der Waals surface area contributed by atoms with E-state index in [4.69, 9.17) is 4.42 Å². The molecule has 2 fully saturated rings. The molecule has 2 aliphatic rings. The normalized spacial score (nSPS) is 25.3. The number of rotatable bonds is 4. The molecule has 0 N–H and O–H groups in total. The topological polar surface area (TPSA) is 36.7 Å². The predicted octanol–water partition coefficient (Wildman–Crippen LogP) is 3.18. The lowest BCUT2D eigenvalue weighted by atomic mass is 10.2. The summed E-state index contributed by atoms with van der Waals surface area (Å²) in [6.45, 7) is 4.81. The van der Waals surface area contributed by atoms with Crippen LogP contribution in [0.15, 0.2) is 40.3 Å². The monoisotopic (exact) mass is 330 g/mol. The molecular formula is C18H22N2O2S. The van der Waals surface area contributed by atoms with Gasteiger partial charge in [-0.3, -0.25) is 9.69 Å². The second-order valence-electron chi connectivity index (χ2n) is 6.50. The number of hydrogen-bond donors (Lipinski definition) is 0. The van der Waals surface area contributed by atoms with Crippen LogP contribution in [0.1, 0.15) is 29.4 Å². The summed E-state index contributed by atoms with van der Waals surface area (Å²) in [6, 6.07) is 8.19. The first kappa shape index (κ1) is 15.0. The third kappa shape index (κ3) is 3.35. The average molecular weight is 330 g/mol. The van der Waals surface area contributed by atoms with E-state index in [0.717, 1.165) is 51.3 Å². The molecule has 1 saturated carbocycles. The zero-order valence-corrected chi connectivity index (χ0v) is 14.0. The van der Waals surface area contributed by atoms with Gasteiger partial charge in [0.15, 0.2) is 0 Å². The fourth-order valence-electron chi connectivity index (χ4n) is 3.49. The van der Waals surface area contributed by atoms with E-state index in [0.29, 0.717) is 11.8 Å². The Balaban J connectivity index is 1.31. The first-order chi connectivity index (χ1) is 11.3. The Kier molecular flexibility index (Phi) is 4.23. The first-order valence-corrected chi connectivity index (χ1v) is 9.26. The average Bonchev–Trinajstić information content (AvgIpc) is 2.96. The summed E-state index contributed by atoms with van der Waals surface area (Å²) in [5, 5.41) is 2.13. The van der Waals surface area contributed by atoms with Gasteiger partial charge in [-0.05, 0) is 36.4 Å². The molecule has 1 amide bonds. The van der Waals surface area contributed by atoms with Crippen LogP contribution in [0.3, 0.4) is 0 Å². The molecule has 0 radical (unpaired) electrons. The van der Waals surface area contributed by atoms with Crippen molar-refractivity contribution in [1.82, 2.24) is 9.80 Å². The molecule has 2 atom stereocenters. The van der Waals surface area contributed by atoms with Crippen LogP contribution in [0, 0.1) is 5.92 Å². The van der Waals surface area contributed by atoms with Gasteiger partial charge in [0.1, 0.15) is 5.76 Å². The molecule has 0 spiro atoms. The van der Waals surface area contributed by atoms with Crippen molar-refractivity contribution >= 4 is 17.2 Å². The fraction of sp³-hybridized carbons (Fsp3) is 0.500. The van der Waals surface area contributed by atoms with Crippen LogP contribution >= 0.6 is 11.3 Å². The van der Waals surface area contributed by atoms with Gasteiger partial charge in [-0.2, -0.15) is 0 Å². The molecule has 23 heavy (non-hydrogen) atoms. The molecule has 1 aliphatic heterocycles. The van der Waals surface area contributed by atoms with Crippen LogP contribution < -0.4 is 0 Å². The Hall–Kier alpha value is -1.59. The second kappa shape index (κ2) is 6.49. The minimum atomic E-state index is 0.144. The van der Waals surface area contributed by atoms with Crippen molar-refractivity contribution in [2.75, 3.05) is 26.2 Å². The minimum Gasteiger partial charge on any atom is -0.469 e. The van der Waals surface area contributed by atoms with Crippen molar-refractivity contribution in [1.29, 1.82) is 0 Å². The highest BCUT2D eigenvalue weighted by Gasteiger charge is 2.47. The van der Waals surface area contributed by atoms with Crippen LogP contribution in [0.25, 0.3) is 0 Å². The van der Waals surface area contributed by atoms with Crippen LogP contribution in [0.4, 0.5) is 0 Å². The number of carbonyl (C=O) groups is 1. The molecule has 0 unspecified atom stereocenters. The lowest BCUT2D eigenvalue weighted by Crippen LogP contribution is -2.36. The molecule has 1 saturated heterocycles. The number of amides is 1. The minimum absolute atomic E-state index is 0.144. The summed E-state index contributed by atoms with van der Waals surface area (Å²) in [5.41, 5.74) is 0. The van der Waals surface area contributed by atoms with Gasteiger partial charge in [0.2, 0.25) is 5.91 Å². The van der Waals surface area contributed by atoms with E-state index in [9.17, 15) is 4.79 Å². The summed E-state index contributed by atoms with van der Waals surface area (Å²) in [4.78, 5) is 18.7. The van der Waals surface area contributed by atoms with Gasteiger partial charge in [0.05, 0.1) is 6.26 Å². The summed E-state index contributed by atoms with van der Waals surface area (Å²) < 4.78 is 5.45. The van der Waals surface area contributed by atoms with Crippen molar-refractivity contribution in [2.24, 2.45) is 5.92 Å². The Labute approximate surface area is 140 Å². The standard InChI is InChI=1S/C18H22N2O2S/c21-18(16-12-15(16)17-5-1-10-22-17)20-7-3-6-19(8-9-20)13-14-4-2-11-23-14/h1-2,4-5,10-11,15-16H,3,6-9,12-13H2/t15-,16+/m1/s1. The van der Waals surface area contributed by atoms with E-state index < -0.39 is 0 Å². The highest BCUT2D eigenvalue weighted by Crippen LogP contribution is 2.48. The van der Waals surface area contributed by atoms with Gasteiger partial charge < -0.3 is 9.32 Å². The van der Waals surface area contributed by atoms with Gasteiger partial charge in [0.25, 0.3) is 0 Å². The van der Waals surface area contributed by atoms with Gasteiger partial charge in [-0.25, -0.2) is 0 Å². The summed E-state index contributed by atoms with van der Waals surface area (Å²) in [5.74, 6) is 1.75. The maximum absolute atomic E-state index is 12.7. The highest BCUT2D eigenvalue weighted by molar-refractivity contribution is 7.09. The van der Waals surface area contributed by atoms with Crippen LogP contribution in [0.5, 0.6) is 0 Å². The Morgan fingerprint density at radius 1 is 1.22 bits per heavy atom. The van der Waals surface area contributed by atoms with Crippen LogP contribution in [-0.2, 0) is 11.3 Å². The van der Waals surface area contributed by atoms with E-state index >= 15 is 0 Å². The Morgan fingerprint density at radius 3 is 2.96 bits per heavy atom. The zero-order valence-electron chi connectivity index (χ0n) is 13.2. The highest BCUT2D eigenvalue weighted by atomic mass is 32.1. The van der Waals surface area contributed by atoms with Crippen LogP contribution in [0.2, 0.25) is 0 Å². The van der Waals surface area contributed by atoms with Gasteiger partial charge in [0, 0.05) is 49.4 Å². The first-order valence-electron chi connectivity index (χ1n) is 8.38. The zero-order chi connectivity index (χ0) is 15.6. The number of hydrogen-bond acceptors (Lipinski definition) is 4. The lowest BCUT2D eigenvalue weighted by molar-refractivity contribution is -0.132. The summed E-state index contributed by atoms with van der Waals surface area (Å²) in [6.07, 6.45) is 3.71. The molecule has 4 rings (SSSR count). The molecule has 4 nitrogen and oxygen atoms in total. The molecule has 2 aromatic rings. The molecule has 0 bridgehead atoms. The van der Waals surface area contributed by atoms with Crippen molar-refractivity contribution in [2.45, 2.75) is 25.3 Å². The van der Waals surface area contributed by atoms with E-state index in [-0.39, 0.29) is 5.92 Å². The fourth-order valence-corrected chi connectivity index (χ4v) is 4.24. The molecule has 3 heterocycles. The molecule has 0 aromatic carbocycles. The number of carbonyl (C=O) groups excluding carboxylic acids is 1. The molecule has 5 heteroatoms. The molecule has 2 aromatic heterocycles. The molecule has 1 aliphatic carbocycles. The third-order valence-corrected chi connectivity index (χ3v) is 5.74. The molecular weight excluding hydrogens is 308 g/mol. The van der Waals surface area contributed by atoms with Crippen LogP contribution in [-0.4, -0.2) is 41.9 Å². The Bertz CT molecular complexity index is 638. The van der Waals surface area contributed by atoms with Gasteiger partial charge >= 0.3 is 0 Å². The number of thiophene rings is 1. The summed E-state index contributed by atoms with van der Waals surface area (Å²) in [7, 11) is 0. The Morgan fingerprint density at radius 2 is 2.17 bits per heavy atom. The number of furan rings is 1. The van der Waals surface area contributed by atoms with E-state index in [2.05, 4.69) is 27.3 Å². The van der Waals surface area contributed by atoms with Gasteiger partial charge in [-0.15, -0.1) is 11.3 Å². The van der Waals surface area contributed by atoms with Crippen molar-refractivity contribution < 1.29 is 9.21 Å². The SMILES string of the molecule is O=C([C@H]1C[C@H]1c1ccco1)N1CCCN(Cc2cccs2)CC1. The van der Waals surface area contributed by atoms with Crippen molar-refractivity contribution in [3.63, 3.8) is 0 Å². The summed E-state index contributed by atoms with van der Waals surface area (Å²) >= 11 is 1.81. The van der Waals surface area contributed by atoms with Gasteiger partial charge in [-0.1, -0.05) is 6.07 Å². The smallest absolute Gasteiger partial charge is 0.226 e. The predicted molar refractivity (Wildman–Crippen MR) is 90.3 cm³/mol. The third-order valence-electron chi connectivity index (χ3n) is 4.88. The van der Waals surface area contributed by atoms with Crippen molar-refractivity contribution in [3.05, 3.63) is 46.5 Å². The second-order valence-corrected chi connectivity index (χ2v) is 7.53. The molecule has 122 valence electrons. The maximum Gasteiger partial charge on any atom is 0.226 e. The van der Waals surface area contributed by atoms with Crippen molar-refractivity contribution in [3.8, 4) is 0 Å². The van der Waals surface area contributed by atoms with E-state index in [1.165, 1.54) is 4.88 Å². The lowest BCUT2D eigenvalue weighted by Gasteiger charge is -2.21. The van der Waals surface area contributed by atoms with E-state index in [1.54, 1.807) is 6.26 Å². The number of nitrogens with zero attached hydrogens (tertiary/aromatic N) is 2. The van der Waals surface area contributed by atoms with E-state index in [1.807, 2.05) is 23.5 Å². The quantitative estimate of drug-likeness (QED) is 0.864. The maximum atomic E-state index is 12.7.